The van der Waals surface area contributed by atoms with Gasteiger partial charge in [-0.3, -0.25) is 9.52 Å². The van der Waals surface area contributed by atoms with Crippen LogP contribution in [0.1, 0.15) is 23.2 Å². The van der Waals surface area contributed by atoms with Gasteiger partial charge in [-0.1, -0.05) is 22.0 Å². The van der Waals surface area contributed by atoms with Gasteiger partial charge >= 0.3 is 5.97 Å². The highest BCUT2D eigenvalue weighted by Gasteiger charge is 2.20. The van der Waals surface area contributed by atoms with E-state index in [0.717, 1.165) is 17.3 Å². The van der Waals surface area contributed by atoms with Crippen LogP contribution in [-0.4, -0.2) is 44.9 Å². The first-order valence-electron chi connectivity index (χ1n) is 8.68. The lowest BCUT2D eigenvalue weighted by atomic mass is 10.2. The number of hydrogen-bond donors (Lipinski definition) is 1. The molecule has 1 aliphatic rings. The molecular formula is C19H19BrN2O5S. The Hall–Kier alpha value is -2.39. The second kappa shape index (κ2) is 8.74. The molecule has 0 unspecified atom stereocenters. The Kier molecular flexibility index (Phi) is 6.35. The maximum Gasteiger partial charge on any atom is 0.338 e. The molecule has 2 aromatic carbocycles. The largest absolute Gasteiger partial charge is 0.452 e. The van der Waals surface area contributed by atoms with Crippen LogP contribution in [0.15, 0.2) is 57.9 Å². The Morgan fingerprint density at radius 2 is 1.75 bits per heavy atom. The Morgan fingerprint density at radius 3 is 2.43 bits per heavy atom. The number of hydrogen-bond acceptors (Lipinski definition) is 5. The summed E-state index contributed by atoms with van der Waals surface area (Å²) in [6, 6.07) is 12.1. The van der Waals surface area contributed by atoms with Crippen molar-refractivity contribution in [2.45, 2.75) is 17.7 Å². The van der Waals surface area contributed by atoms with Crippen molar-refractivity contribution in [1.29, 1.82) is 0 Å². The van der Waals surface area contributed by atoms with E-state index in [0.29, 0.717) is 13.1 Å². The van der Waals surface area contributed by atoms with Crippen molar-refractivity contribution >= 4 is 43.5 Å². The zero-order valence-corrected chi connectivity index (χ0v) is 17.3. The summed E-state index contributed by atoms with van der Waals surface area (Å²) in [5.74, 6) is -0.907. The molecule has 0 aliphatic carbocycles. The Bertz CT molecular complexity index is 970. The van der Waals surface area contributed by atoms with Crippen LogP contribution in [0.4, 0.5) is 5.69 Å². The molecular weight excluding hydrogens is 448 g/mol. The molecule has 0 spiro atoms. The summed E-state index contributed by atoms with van der Waals surface area (Å²) < 4.78 is 33.2. The summed E-state index contributed by atoms with van der Waals surface area (Å²) in [6.07, 6.45) is 1.92. The fourth-order valence-electron chi connectivity index (χ4n) is 2.81. The van der Waals surface area contributed by atoms with Crippen molar-refractivity contribution in [2.24, 2.45) is 0 Å². The van der Waals surface area contributed by atoms with Gasteiger partial charge in [0.05, 0.1) is 10.5 Å². The van der Waals surface area contributed by atoms with Gasteiger partial charge in [0.1, 0.15) is 0 Å². The van der Waals surface area contributed by atoms with Gasteiger partial charge in [-0.05, 0) is 55.3 Å². The first-order valence-corrected chi connectivity index (χ1v) is 11.0. The van der Waals surface area contributed by atoms with Gasteiger partial charge in [0.25, 0.3) is 15.9 Å². The third-order valence-electron chi connectivity index (χ3n) is 4.26. The second-order valence-corrected chi connectivity index (χ2v) is 8.90. The molecule has 0 aromatic heterocycles. The van der Waals surface area contributed by atoms with Gasteiger partial charge in [0.2, 0.25) is 0 Å². The fraction of sp³-hybridized carbons (Fsp3) is 0.263. The first-order chi connectivity index (χ1) is 13.3. The molecule has 9 heteroatoms. The molecule has 148 valence electrons. The second-order valence-electron chi connectivity index (χ2n) is 6.30. The van der Waals surface area contributed by atoms with E-state index in [1.165, 1.54) is 36.4 Å². The van der Waals surface area contributed by atoms with E-state index in [2.05, 4.69) is 20.7 Å². The Balaban J connectivity index is 1.65. The minimum Gasteiger partial charge on any atom is -0.452 e. The lowest BCUT2D eigenvalue weighted by Gasteiger charge is -2.15. The van der Waals surface area contributed by atoms with Crippen LogP contribution in [0.5, 0.6) is 0 Å². The number of ether oxygens (including phenoxy) is 1. The minimum absolute atomic E-state index is 0.0971. The molecule has 1 heterocycles. The van der Waals surface area contributed by atoms with Gasteiger partial charge in [0.15, 0.2) is 6.61 Å². The number of sulfonamides is 1. The van der Waals surface area contributed by atoms with Crippen molar-refractivity contribution in [1.82, 2.24) is 4.90 Å². The normalized spacial score (nSPS) is 14.0. The van der Waals surface area contributed by atoms with Crippen LogP contribution >= 0.6 is 15.9 Å². The minimum atomic E-state index is -3.79. The molecule has 0 saturated carbocycles. The molecule has 1 saturated heterocycles. The number of benzene rings is 2. The highest BCUT2D eigenvalue weighted by molar-refractivity contribution is 9.10. The molecule has 2 aromatic rings. The van der Waals surface area contributed by atoms with Crippen LogP contribution in [0.25, 0.3) is 0 Å². The summed E-state index contributed by atoms with van der Waals surface area (Å²) in [7, 11) is -3.79. The van der Waals surface area contributed by atoms with Crippen LogP contribution in [-0.2, 0) is 19.6 Å². The van der Waals surface area contributed by atoms with Crippen molar-refractivity contribution in [2.75, 3.05) is 24.4 Å². The average Bonchev–Trinajstić information content (AvgIpc) is 3.21. The smallest absolute Gasteiger partial charge is 0.338 e. The van der Waals surface area contributed by atoms with Crippen LogP contribution in [0.3, 0.4) is 0 Å². The molecule has 28 heavy (non-hydrogen) atoms. The Labute approximate surface area is 171 Å². The molecule has 0 bridgehead atoms. The number of likely N-dealkylation sites (tertiary alicyclic amines) is 1. The van der Waals surface area contributed by atoms with Crippen LogP contribution in [0, 0.1) is 0 Å². The molecule has 0 radical (unpaired) electrons. The lowest BCUT2D eigenvalue weighted by Crippen LogP contribution is -2.32. The molecule has 0 atom stereocenters. The van der Waals surface area contributed by atoms with E-state index in [4.69, 9.17) is 4.74 Å². The number of carbonyl (C=O) groups excluding carboxylic acids is 2. The predicted octanol–water partition coefficient (Wildman–Crippen LogP) is 3.03. The summed E-state index contributed by atoms with van der Waals surface area (Å²) in [5.41, 5.74) is 0.383. The van der Waals surface area contributed by atoms with Crippen molar-refractivity contribution in [3.05, 3.63) is 58.6 Å². The number of nitrogens with zero attached hydrogens (tertiary/aromatic N) is 1. The zero-order valence-electron chi connectivity index (χ0n) is 14.9. The molecule has 1 N–H and O–H groups in total. The highest BCUT2D eigenvalue weighted by atomic mass is 79.9. The Morgan fingerprint density at radius 1 is 1.07 bits per heavy atom. The summed E-state index contributed by atoms with van der Waals surface area (Å²) >= 11 is 3.26. The monoisotopic (exact) mass is 466 g/mol. The number of nitrogens with one attached hydrogen (secondary N) is 1. The van der Waals surface area contributed by atoms with E-state index in [9.17, 15) is 18.0 Å². The SMILES string of the molecule is O=C(OCC(=O)N1CCCC1)c1cccc(NS(=O)(=O)c2ccc(Br)cc2)c1. The molecule has 1 fully saturated rings. The van der Waals surface area contributed by atoms with Crippen LogP contribution < -0.4 is 4.72 Å². The number of esters is 1. The van der Waals surface area contributed by atoms with Gasteiger partial charge in [-0.25, -0.2) is 13.2 Å². The topological polar surface area (TPSA) is 92.8 Å². The van der Waals surface area contributed by atoms with E-state index in [1.54, 1.807) is 17.0 Å². The standard InChI is InChI=1S/C19H19BrN2O5S/c20-15-6-8-17(9-7-15)28(25,26)21-16-5-3-4-14(12-16)19(24)27-13-18(23)22-10-1-2-11-22/h3-9,12,21H,1-2,10-11,13H2. The number of rotatable bonds is 6. The van der Waals surface area contributed by atoms with E-state index >= 15 is 0 Å². The molecule has 1 amide bonds. The number of amides is 1. The maximum atomic E-state index is 12.5. The molecule has 3 rings (SSSR count). The van der Waals surface area contributed by atoms with Crippen molar-refractivity contribution in [3.8, 4) is 0 Å². The number of anilines is 1. The van der Waals surface area contributed by atoms with Gasteiger partial charge in [0, 0.05) is 23.2 Å². The zero-order chi connectivity index (χ0) is 20.1. The molecule has 7 nitrogen and oxygen atoms in total. The predicted molar refractivity (Wildman–Crippen MR) is 107 cm³/mol. The maximum absolute atomic E-state index is 12.5. The van der Waals surface area contributed by atoms with Crippen molar-refractivity contribution in [3.63, 3.8) is 0 Å². The van der Waals surface area contributed by atoms with E-state index < -0.39 is 16.0 Å². The third kappa shape index (κ3) is 5.11. The summed E-state index contributed by atoms with van der Waals surface area (Å²) in [6.45, 7) is 1.04. The average molecular weight is 467 g/mol. The van der Waals surface area contributed by atoms with Crippen molar-refractivity contribution < 1.29 is 22.7 Å². The van der Waals surface area contributed by atoms with Gasteiger partial charge in [-0.2, -0.15) is 0 Å². The summed E-state index contributed by atoms with van der Waals surface area (Å²) in [5, 5.41) is 0. The highest BCUT2D eigenvalue weighted by Crippen LogP contribution is 2.20. The summed E-state index contributed by atoms with van der Waals surface area (Å²) in [4.78, 5) is 25.9. The number of halogens is 1. The van der Waals surface area contributed by atoms with E-state index in [-0.39, 0.29) is 28.7 Å². The van der Waals surface area contributed by atoms with Gasteiger partial charge in [-0.15, -0.1) is 0 Å². The lowest BCUT2D eigenvalue weighted by molar-refractivity contribution is -0.133. The number of carbonyl (C=O) groups is 2. The third-order valence-corrected chi connectivity index (χ3v) is 6.19. The molecule has 1 aliphatic heterocycles. The van der Waals surface area contributed by atoms with Gasteiger partial charge < -0.3 is 9.64 Å². The fourth-order valence-corrected chi connectivity index (χ4v) is 4.12. The first kappa shape index (κ1) is 20.3. The van der Waals surface area contributed by atoms with E-state index in [1.807, 2.05) is 0 Å². The van der Waals surface area contributed by atoms with Crippen LogP contribution in [0.2, 0.25) is 0 Å². The quantitative estimate of drug-likeness (QED) is 0.660.